The number of aliphatic carboxylic acids is 1. The largest absolute Gasteiger partial charge is 0.490 e. The highest BCUT2D eigenvalue weighted by molar-refractivity contribution is 5.92. The number of hydrogen-bond donors (Lipinski definition) is 2. The highest BCUT2D eigenvalue weighted by Crippen LogP contribution is 2.39. The third-order valence-corrected chi connectivity index (χ3v) is 5.97. The van der Waals surface area contributed by atoms with Crippen molar-refractivity contribution in [3.63, 3.8) is 0 Å². The number of H-pyrrole nitrogens is 1. The number of aromatic nitrogens is 1. The molecule has 3 atom stereocenters. The first kappa shape index (κ1) is 22.9. The van der Waals surface area contributed by atoms with Gasteiger partial charge in [0.25, 0.3) is 5.91 Å². The zero-order chi connectivity index (χ0) is 22.6. The predicted molar refractivity (Wildman–Crippen MR) is 105 cm³/mol. The number of aromatic amines is 1. The number of carboxylic acids is 1. The van der Waals surface area contributed by atoms with Gasteiger partial charge in [0, 0.05) is 25.3 Å². The van der Waals surface area contributed by atoms with Crippen molar-refractivity contribution in [3.8, 4) is 0 Å². The van der Waals surface area contributed by atoms with Crippen LogP contribution in [0.4, 0.5) is 13.2 Å². The van der Waals surface area contributed by atoms with E-state index in [1.54, 1.807) is 6.26 Å². The van der Waals surface area contributed by atoms with Gasteiger partial charge >= 0.3 is 12.1 Å². The number of nitrogens with one attached hydrogen (secondary N) is 1. The number of likely N-dealkylation sites (tertiary alicyclic amines) is 1. The summed E-state index contributed by atoms with van der Waals surface area (Å²) in [6.07, 6.45) is 2.17. The van der Waals surface area contributed by atoms with Crippen LogP contribution in [-0.2, 0) is 11.3 Å². The third-order valence-electron chi connectivity index (χ3n) is 5.97. The summed E-state index contributed by atoms with van der Waals surface area (Å²) >= 11 is 0. The minimum Gasteiger partial charge on any atom is -0.475 e. The minimum absolute atomic E-state index is 0.141. The molecule has 7 nitrogen and oxygen atoms in total. The Morgan fingerprint density at radius 3 is 2.58 bits per heavy atom. The summed E-state index contributed by atoms with van der Waals surface area (Å²) in [5, 5.41) is 7.12. The summed E-state index contributed by atoms with van der Waals surface area (Å²) in [6, 6.07) is 8.25. The SMILES string of the molecule is CN(Cc1ccco1)C1CCC[C@@H]2CN(C(=O)c3ccc[nH]3)C[C@H]12.O=C(O)C(F)(F)F. The maximum absolute atomic E-state index is 12.7. The number of amides is 1. The molecule has 31 heavy (non-hydrogen) atoms. The molecule has 0 radical (unpaired) electrons. The van der Waals surface area contributed by atoms with Gasteiger partial charge in [0.05, 0.1) is 12.8 Å². The summed E-state index contributed by atoms with van der Waals surface area (Å²) in [5.74, 6) is -0.411. The Morgan fingerprint density at radius 2 is 2.00 bits per heavy atom. The number of nitrogens with zero attached hydrogens (tertiary/aromatic N) is 2. The van der Waals surface area contributed by atoms with Gasteiger partial charge in [-0.05, 0) is 56.0 Å². The lowest BCUT2D eigenvalue weighted by Gasteiger charge is -2.38. The highest BCUT2D eigenvalue weighted by atomic mass is 19.4. The van der Waals surface area contributed by atoms with Crippen LogP contribution in [0.5, 0.6) is 0 Å². The maximum Gasteiger partial charge on any atom is 0.490 e. The maximum atomic E-state index is 12.7. The molecule has 0 spiro atoms. The number of fused-ring (bicyclic) bond motifs is 1. The van der Waals surface area contributed by atoms with Crippen molar-refractivity contribution in [1.82, 2.24) is 14.8 Å². The topological polar surface area (TPSA) is 89.8 Å². The molecule has 1 saturated carbocycles. The molecule has 2 aromatic heterocycles. The fraction of sp³-hybridized carbons (Fsp3) is 0.524. The summed E-state index contributed by atoms with van der Waals surface area (Å²) < 4.78 is 37.2. The molecular formula is C21H26F3N3O4. The summed E-state index contributed by atoms with van der Waals surface area (Å²) in [7, 11) is 2.19. The fourth-order valence-electron chi connectivity index (χ4n) is 4.55. The van der Waals surface area contributed by atoms with E-state index in [1.165, 1.54) is 19.3 Å². The van der Waals surface area contributed by atoms with E-state index >= 15 is 0 Å². The summed E-state index contributed by atoms with van der Waals surface area (Å²) in [5.41, 5.74) is 0.703. The van der Waals surface area contributed by atoms with Gasteiger partial charge in [-0.15, -0.1) is 0 Å². The van der Waals surface area contributed by atoms with E-state index in [2.05, 4.69) is 16.9 Å². The van der Waals surface area contributed by atoms with E-state index in [1.807, 2.05) is 35.4 Å². The van der Waals surface area contributed by atoms with Crippen LogP contribution in [0.1, 0.15) is 35.5 Å². The molecule has 10 heteroatoms. The van der Waals surface area contributed by atoms with Crippen LogP contribution in [-0.4, -0.2) is 64.1 Å². The molecule has 2 N–H and O–H groups in total. The lowest BCUT2D eigenvalue weighted by Crippen LogP contribution is -2.43. The first-order valence-corrected chi connectivity index (χ1v) is 10.1. The number of hydrogen-bond acceptors (Lipinski definition) is 4. The predicted octanol–water partition coefficient (Wildman–Crippen LogP) is 3.61. The van der Waals surface area contributed by atoms with Gasteiger partial charge in [-0.3, -0.25) is 9.69 Å². The Kier molecular flexibility index (Phi) is 7.09. The zero-order valence-corrected chi connectivity index (χ0v) is 17.1. The number of alkyl halides is 3. The van der Waals surface area contributed by atoms with E-state index in [4.69, 9.17) is 14.3 Å². The monoisotopic (exact) mass is 441 g/mol. The van der Waals surface area contributed by atoms with Crippen molar-refractivity contribution in [1.29, 1.82) is 0 Å². The Bertz CT molecular complexity index is 852. The Balaban J connectivity index is 0.000000339. The second-order valence-corrected chi connectivity index (χ2v) is 8.01. The molecule has 1 amide bonds. The molecule has 4 rings (SSSR count). The van der Waals surface area contributed by atoms with Crippen LogP contribution >= 0.6 is 0 Å². The number of halogens is 3. The molecule has 170 valence electrons. The zero-order valence-electron chi connectivity index (χ0n) is 17.1. The first-order valence-electron chi connectivity index (χ1n) is 10.1. The van der Waals surface area contributed by atoms with Crippen LogP contribution in [0.15, 0.2) is 41.1 Å². The van der Waals surface area contributed by atoms with Crippen LogP contribution < -0.4 is 0 Å². The second kappa shape index (κ2) is 9.59. The second-order valence-electron chi connectivity index (χ2n) is 8.01. The average Bonchev–Trinajstić information content (AvgIpc) is 3.47. The number of carbonyl (C=O) groups excluding carboxylic acids is 1. The van der Waals surface area contributed by atoms with E-state index < -0.39 is 12.1 Å². The van der Waals surface area contributed by atoms with E-state index in [0.29, 0.717) is 23.6 Å². The molecule has 2 aliphatic rings. The molecule has 1 unspecified atom stereocenters. The average molecular weight is 441 g/mol. The highest BCUT2D eigenvalue weighted by Gasteiger charge is 2.43. The Labute approximate surface area is 177 Å². The molecule has 2 fully saturated rings. The molecule has 1 saturated heterocycles. The standard InChI is InChI=1S/C19H25N3O2.C2HF3O2/c1-21(12-15-6-4-10-24-15)18-8-2-5-14-11-22(13-16(14)18)19(23)17-7-3-9-20-17;3-2(4,5)1(6)7/h3-4,6-7,9-10,14,16,18,20H,2,5,8,11-13H2,1H3;(H,6,7)/t14-,16+,18?;/m1./s1. The number of furan rings is 1. The van der Waals surface area contributed by atoms with E-state index in [0.717, 1.165) is 25.4 Å². The van der Waals surface area contributed by atoms with E-state index in [9.17, 15) is 18.0 Å². The molecule has 1 aliphatic carbocycles. The third kappa shape index (κ3) is 5.69. The van der Waals surface area contributed by atoms with Crippen molar-refractivity contribution in [3.05, 3.63) is 48.2 Å². The quantitative estimate of drug-likeness (QED) is 0.757. The van der Waals surface area contributed by atoms with Crippen molar-refractivity contribution < 1.29 is 32.3 Å². The Hall–Kier alpha value is -2.75. The smallest absolute Gasteiger partial charge is 0.475 e. The van der Waals surface area contributed by atoms with Crippen LogP contribution in [0.3, 0.4) is 0 Å². The van der Waals surface area contributed by atoms with Crippen molar-refractivity contribution >= 4 is 11.9 Å². The molecule has 0 bridgehead atoms. The minimum atomic E-state index is -5.08. The van der Waals surface area contributed by atoms with Crippen LogP contribution in [0.25, 0.3) is 0 Å². The summed E-state index contributed by atoms with van der Waals surface area (Å²) in [6.45, 7) is 2.61. The summed E-state index contributed by atoms with van der Waals surface area (Å²) in [4.78, 5) is 29.0. The lowest BCUT2D eigenvalue weighted by molar-refractivity contribution is -0.192. The number of carbonyl (C=O) groups is 2. The molecule has 2 aromatic rings. The lowest BCUT2D eigenvalue weighted by atomic mass is 9.77. The number of carboxylic acid groups (broad SMARTS) is 1. The fourth-order valence-corrected chi connectivity index (χ4v) is 4.55. The van der Waals surface area contributed by atoms with Crippen molar-refractivity contribution in [2.75, 3.05) is 20.1 Å². The first-order chi connectivity index (χ1) is 14.7. The molecule has 3 heterocycles. The van der Waals surface area contributed by atoms with Gasteiger partial charge in [0.2, 0.25) is 0 Å². The van der Waals surface area contributed by atoms with Crippen LogP contribution in [0.2, 0.25) is 0 Å². The van der Waals surface area contributed by atoms with Crippen LogP contribution in [0, 0.1) is 11.8 Å². The van der Waals surface area contributed by atoms with Crippen molar-refractivity contribution in [2.24, 2.45) is 11.8 Å². The molecular weight excluding hydrogens is 415 g/mol. The normalized spacial score (nSPS) is 23.3. The van der Waals surface area contributed by atoms with Gasteiger partial charge < -0.3 is 19.4 Å². The van der Waals surface area contributed by atoms with Gasteiger partial charge in [-0.1, -0.05) is 6.42 Å². The van der Waals surface area contributed by atoms with Gasteiger partial charge in [0.1, 0.15) is 11.5 Å². The van der Waals surface area contributed by atoms with Gasteiger partial charge in [0.15, 0.2) is 0 Å². The van der Waals surface area contributed by atoms with E-state index in [-0.39, 0.29) is 5.91 Å². The van der Waals surface area contributed by atoms with Crippen molar-refractivity contribution in [2.45, 2.75) is 38.0 Å². The molecule has 0 aromatic carbocycles. The van der Waals surface area contributed by atoms with Gasteiger partial charge in [-0.2, -0.15) is 13.2 Å². The van der Waals surface area contributed by atoms with Gasteiger partial charge in [-0.25, -0.2) is 4.79 Å². The molecule has 1 aliphatic heterocycles. The number of rotatable bonds is 4. The Morgan fingerprint density at radius 1 is 1.26 bits per heavy atom.